The van der Waals surface area contributed by atoms with Crippen molar-refractivity contribution in [2.45, 2.75) is 5.54 Å². The van der Waals surface area contributed by atoms with Crippen molar-refractivity contribution in [3.8, 4) is 0 Å². The van der Waals surface area contributed by atoms with Crippen molar-refractivity contribution >= 4 is 40.7 Å². The van der Waals surface area contributed by atoms with E-state index in [4.69, 9.17) is 28.3 Å². The number of hydrogen-bond donors (Lipinski definition) is 2. The van der Waals surface area contributed by atoms with E-state index in [9.17, 15) is 14.7 Å². The van der Waals surface area contributed by atoms with Crippen LogP contribution in [0.1, 0.15) is 5.56 Å². The second kappa shape index (κ2) is 6.35. The lowest BCUT2D eigenvalue weighted by Crippen LogP contribution is -2.34. The summed E-state index contributed by atoms with van der Waals surface area (Å²) in [5.74, 6) is -2.45. The van der Waals surface area contributed by atoms with Gasteiger partial charge in [-0.15, -0.1) is 0 Å². The van der Waals surface area contributed by atoms with Gasteiger partial charge < -0.3 is 10.2 Å². The Morgan fingerprint density at radius 2 is 1.76 bits per heavy atom. The van der Waals surface area contributed by atoms with Crippen LogP contribution < -0.4 is 10.6 Å². The Balaban J connectivity index is 2.47. The van der Waals surface area contributed by atoms with Crippen molar-refractivity contribution in [1.29, 1.82) is 0 Å². The van der Waals surface area contributed by atoms with Gasteiger partial charge in [0.25, 0.3) is 0 Å². The van der Waals surface area contributed by atoms with Gasteiger partial charge in [0, 0.05) is 21.9 Å². The molecule has 2 aromatic rings. The van der Waals surface area contributed by atoms with E-state index in [2.05, 4.69) is 4.99 Å². The van der Waals surface area contributed by atoms with E-state index in [1.807, 2.05) is 0 Å². The zero-order valence-corrected chi connectivity index (χ0v) is 14.1. The average Bonchev–Trinajstić information content (AvgIpc) is 2.89. The Labute approximate surface area is 152 Å². The summed E-state index contributed by atoms with van der Waals surface area (Å²) >= 11 is 12.3. The standard InChI is InChI=1S/C18H11Cl2NO4/c19-11-8-13(20)16-12(6-7-15(22)23)18(17(24)25,21-14(16)9-11)10-4-2-1-3-5-10/h1-9H,(H,22,23)(H,24,25)/b7-6-. The molecule has 25 heavy (non-hydrogen) atoms. The lowest BCUT2D eigenvalue weighted by atomic mass is 9.83. The maximum atomic E-state index is 12.3. The smallest absolute Gasteiger partial charge is 0.341 e. The Morgan fingerprint density at radius 3 is 2.36 bits per heavy atom. The zero-order valence-electron chi connectivity index (χ0n) is 12.6. The lowest BCUT2D eigenvalue weighted by Gasteiger charge is -2.24. The van der Waals surface area contributed by atoms with Gasteiger partial charge in [-0.3, -0.25) is 4.99 Å². The second-order valence-electron chi connectivity index (χ2n) is 5.36. The highest BCUT2D eigenvalue weighted by Crippen LogP contribution is 2.37. The van der Waals surface area contributed by atoms with E-state index in [-0.39, 0.29) is 10.6 Å². The summed E-state index contributed by atoms with van der Waals surface area (Å²) in [7, 11) is 0. The van der Waals surface area contributed by atoms with Crippen LogP contribution in [0.5, 0.6) is 0 Å². The van der Waals surface area contributed by atoms with Gasteiger partial charge in [-0.1, -0.05) is 53.5 Å². The van der Waals surface area contributed by atoms with E-state index in [1.165, 1.54) is 18.2 Å². The van der Waals surface area contributed by atoms with Crippen molar-refractivity contribution < 1.29 is 19.8 Å². The fraction of sp³-hybridized carbons (Fsp3) is 0.0556. The van der Waals surface area contributed by atoms with Gasteiger partial charge in [-0.25, -0.2) is 9.59 Å². The molecule has 2 N–H and O–H groups in total. The van der Waals surface area contributed by atoms with Gasteiger partial charge in [0.1, 0.15) is 0 Å². The summed E-state index contributed by atoms with van der Waals surface area (Å²) in [6, 6.07) is 11.3. The van der Waals surface area contributed by atoms with Crippen LogP contribution in [0.2, 0.25) is 10.0 Å². The predicted molar refractivity (Wildman–Crippen MR) is 93.2 cm³/mol. The molecule has 0 amide bonds. The van der Waals surface area contributed by atoms with Gasteiger partial charge in [-0.2, -0.15) is 0 Å². The molecule has 2 aromatic carbocycles. The molecule has 126 valence electrons. The molecular weight excluding hydrogens is 365 g/mol. The maximum absolute atomic E-state index is 12.3. The van der Waals surface area contributed by atoms with E-state index >= 15 is 0 Å². The fourth-order valence-electron chi connectivity index (χ4n) is 2.88. The van der Waals surface area contributed by atoms with Crippen molar-refractivity contribution in [3.05, 3.63) is 80.8 Å². The topological polar surface area (TPSA) is 87.0 Å². The zero-order chi connectivity index (χ0) is 18.2. The fourth-order valence-corrected chi connectivity index (χ4v) is 3.47. The molecule has 0 bridgehead atoms. The molecule has 3 rings (SSSR count). The van der Waals surface area contributed by atoms with Crippen molar-refractivity contribution in [2.75, 3.05) is 0 Å². The van der Waals surface area contributed by atoms with Crippen LogP contribution >= 0.6 is 23.2 Å². The molecule has 0 aliphatic carbocycles. The molecule has 1 heterocycles. The summed E-state index contributed by atoms with van der Waals surface area (Å²) in [5, 5.41) is 20.2. The molecule has 0 saturated carbocycles. The minimum atomic E-state index is -1.80. The van der Waals surface area contributed by atoms with Crippen LogP contribution in [0, 0.1) is 0 Å². The van der Waals surface area contributed by atoms with Crippen LogP contribution in [0.3, 0.4) is 0 Å². The second-order valence-corrected chi connectivity index (χ2v) is 6.20. The van der Waals surface area contributed by atoms with E-state index in [0.29, 0.717) is 21.2 Å². The van der Waals surface area contributed by atoms with Crippen molar-refractivity contribution in [2.24, 2.45) is 4.99 Å². The Morgan fingerprint density at radius 1 is 1.08 bits per heavy atom. The third-order valence-electron chi connectivity index (χ3n) is 3.88. The van der Waals surface area contributed by atoms with Crippen molar-refractivity contribution in [3.63, 3.8) is 0 Å². The molecule has 1 atom stereocenters. The predicted octanol–water partition coefficient (Wildman–Crippen LogP) is 2.40. The van der Waals surface area contributed by atoms with Crippen LogP contribution in [0.25, 0.3) is 5.57 Å². The molecule has 0 spiro atoms. The Hall–Kier alpha value is -2.63. The molecule has 0 aromatic heterocycles. The number of carboxylic acids is 2. The highest BCUT2D eigenvalue weighted by atomic mass is 35.5. The van der Waals surface area contributed by atoms with Crippen LogP contribution in [0.4, 0.5) is 0 Å². The summed E-state index contributed by atoms with van der Waals surface area (Å²) in [4.78, 5) is 27.6. The molecule has 0 saturated heterocycles. The normalized spacial score (nSPS) is 18.9. The molecule has 7 heteroatoms. The average molecular weight is 376 g/mol. The Bertz CT molecular complexity index is 1030. The Kier molecular flexibility index (Phi) is 4.37. The number of aliphatic carboxylic acids is 2. The molecule has 1 aliphatic heterocycles. The van der Waals surface area contributed by atoms with Crippen LogP contribution in [-0.2, 0) is 15.1 Å². The first-order valence-corrected chi connectivity index (χ1v) is 7.91. The largest absolute Gasteiger partial charge is 0.479 e. The summed E-state index contributed by atoms with van der Waals surface area (Å²) in [6.07, 6.45) is 2.09. The number of rotatable bonds is 4. The van der Waals surface area contributed by atoms with E-state index in [1.54, 1.807) is 30.3 Å². The SMILES string of the molecule is O=C(O)/C=C\C1=c2c(Cl)cc(Cl)cc2=NC1(C(=O)O)c1ccccc1. The van der Waals surface area contributed by atoms with E-state index < -0.39 is 17.5 Å². The highest BCUT2D eigenvalue weighted by molar-refractivity contribution is 6.34. The van der Waals surface area contributed by atoms with Gasteiger partial charge in [0.05, 0.1) is 10.4 Å². The monoisotopic (exact) mass is 375 g/mol. The molecule has 5 nitrogen and oxygen atoms in total. The summed E-state index contributed by atoms with van der Waals surface area (Å²) < 4.78 is 0. The third kappa shape index (κ3) is 2.81. The van der Waals surface area contributed by atoms with E-state index in [0.717, 1.165) is 6.08 Å². The van der Waals surface area contributed by atoms with Crippen molar-refractivity contribution in [1.82, 2.24) is 0 Å². The highest BCUT2D eigenvalue weighted by Gasteiger charge is 2.46. The van der Waals surface area contributed by atoms with Crippen LogP contribution in [-0.4, -0.2) is 22.2 Å². The number of carboxylic acid groups (broad SMARTS) is 2. The molecule has 1 unspecified atom stereocenters. The molecule has 0 radical (unpaired) electrons. The number of nitrogens with zero attached hydrogens (tertiary/aromatic N) is 1. The maximum Gasteiger partial charge on any atom is 0.341 e. The quantitative estimate of drug-likeness (QED) is 0.803. The first-order chi connectivity index (χ1) is 11.9. The molecule has 1 aliphatic rings. The van der Waals surface area contributed by atoms with Gasteiger partial charge in [0.2, 0.25) is 5.54 Å². The van der Waals surface area contributed by atoms with Gasteiger partial charge in [0.15, 0.2) is 0 Å². The number of fused-ring (bicyclic) bond motifs is 1. The summed E-state index contributed by atoms with van der Waals surface area (Å²) in [6.45, 7) is 0. The minimum absolute atomic E-state index is 0.172. The summed E-state index contributed by atoms with van der Waals surface area (Å²) in [5.41, 5.74) is -1.25. The van der Waals surface area contributed by atoms with Gasteiger partial charge >= 0.3 is 11.9 Å². The first-order valence-electron chi connectivity index (χ1n) is 7.16. The minimum Gasteiger partial charge on any atom is -0.479 e. The van der Waals surface area contributed by atoms with Gasteiger partial charge in [-0.05, 0) is 23.8 Å². The van der Waals surface area contributed by atoms with Crippen LogP contribution in [0.15, 0.2) is 59.6 Å². The third-order valence-corrected chi connectivity index (χ3v) is 4.39. The number of benzene rings is 2. The first kappa shape index (κ1) is 17.2. The number of carbonyl (C=O) groups is 2. The number of halogens is 2. The molecular formula is C18H11Cl2NO4. The lowest BCUT2D eigenvalue weighted by molar-refractivity contribution is -0.141. The molecule has 0 fully saturated rings. The number of hydrogen-bond acceptors (Lipinski definition) is 3.